The lowest BCUT2D eigenvalue weighted by molar-refractivity contribution is 1.07. The Bertz CT molecular complexity index is 2570. The van der Waals surface area contributed by atoms with E-state index in [0.717, 1.165) is 55.6 Å². The van der Waals surface area contributed by atoms with E-state index in [2.05, 4.69) is 54.6 Å². The number of hydrogen-bond acceptors (Lipinski definition) is 6. The van der Waals surface area contributed by atoms with Crippen molar-refractivity contribution >= 4 is 0 Å². The molecule has 0 unspecified atom stereocenters. The van der Waals surface area contributed by atoms with Gasteiger partial charge in [-0.2, -0.15) is 0 Å². The van der Waals surface area contributed by atoms with Gasteiger partial charge in [0.15, 0.2) is 34.9 Å². The van der Waals surface area contributed by atoms with Crippen molar-refractivity contribution in [1.82, 2.24) is 29.9 Å². The zero-order valence-electron chi connectivity index (χ0n) is 29.2. The number of hydrogen-bond donors (Lipinski definition) is 0. The Morgan fingerprint density at radius 3 is 0.926 bits per heavy atom. The van der Waals surface area contributed by atoms with Gasteiger partial charge in [0.25, 0.3) is 0 Å². The summed E-state index contributed by atoms with van der Waals surface area (Å²) in [7, 11) is 0. The highest BCUT2D eigenvalue weighted by Crippen LogP contribution is 2.37. The summed E-state index contributed by atoms with van der Waals surface area (Å²) in [5.41, 5.74) is 9.60. The van der Waals surface area contributed by atoms with Gasteiger partial charge in [-0.05, 0) is 34.4 Å². The van der Waals surface area contributed by atoms with Gasteiger partial charge in [0, 0.05) is 33.4 Å². The van der Waals surface area contributed by atoms with Gasteiger partial charge in [0.1, 0.15) is 0 Å². The first-order chi connectivity index (χ1) is 26.7. The number of benzene rings is 7. The molecule has 0 fully saturated rings. The first-order valence-electron chi connectivity index (χ1n) is 17.8. The van der Waals surface area contributed by atoms with Crippen LogP contribution in [0.25, 0.3) is 90.6 Å². The average Bonchev–Trinajstić information content (AvgIpc) is 3.27. The summed E-state index contributed by atoms with van der Waals surface area (Å²) >= 11 is 0. The van der Waals surface area contributed by atoms with Gasteiger partial charge < -0.3 is 0 Å². The zero-order valence-corrected chi connectivity index (χ0v) is 29.2. The van der Waals surface area contributed by atoms with Crippen molar-refractivity contribution in [2.24, 2.45) is 0 Å². The van der Waals surface area contributed by atoms with Crippen molar-refractivity contribution in [3.8, 4) is 90.6 Å². The molecule has 254 valence electrons. The predicted octanol–water partition coefficient (Wildman–Crippen LogP) is 11.4. The van der Waals surface area contributed by atoms with Crippen LogP contribution in [-0.2, 0) is 0 Å². The summed E-state index contributed by atoms with van der Waals surface area (Å²) in [6.45, 7) is 0. The van der Waals surface area contributed by atoms with E-state index in [-0.39, 0.29) is 0 Å². The lowest BCUT2D eigenvalue weighted by Gasteiger charge is -2.14. The molecule has 0 atom stereocenters. The quantitative estimate of drug-likeness (QED) is 0.158. The van der Waals surface area contributed by atoms with Gasteiger partial charge >= 0.3 is 0 Å². The summed E-state index contributed by atoms with van der Waals surface area (Å²) in [4.78, 5) is 30.0. The third-order valence-electron chi connectivity index (χ3n) is 9.20. The summed E-state index contributed by atoms with van der Waals surface area (Å²) in [5, 5.41) is 0. The minimum atomic E-state index is 0.594. The second-order valence-corrected chi connectivity index (χ2v) is 12.8. The van der Waals surface area contributed by atoms with Crippen molar-refractivity contribution < 1.29 is 0 Å². The van der Waals surface area contributed by atoms with E-state index >= 15 is 0 Å². The average molecular weight is 693 g/mol. The van der Waals surface area contributed by atoms with Gasteiger partial charge in [-0.25, -0.2) is 29.9 Å². The SMILES string of the molecule is c1ccc(-c2nc(-c3ccccc3)nc(-c3cccc(-c4ccc(-c5ccccc5)c(-c5nc(-c6ccccc6)nc(-c6ccccc6)n5)c4)c3)n2)cc1. The molecule has 9 aromatic rings. The van der Waals surface area contributed by atoms with Crippen molar-refractivity contribution in [2.45, 2.75) is 0 Å². The Kier molecular flexibility index (Phi) is 8.81. The molecule has 9 rings (SSSR count). The third-order valence-corrected chi connectivity index (χ3v) is 9.20. The summed E-state index contributed by atoms with van der Waals surface area (Å²) in [6, 6.07) is 65.4. The Hall–Kier alpha value is -7.44. The minimum absolute atomic E-state index is 0.594. The molecular weight excluding hydrogens is 661 g/mol. The fourth-order valence-corrected chi connectivity index (χ4v) is 6.48. The Morgan fingerprint density at radius 2 is 0.500 bits per heavy atom. The second-order valence-electron chi connectivity index (χ2n) is 12.8. The van der Waals surface area contributed by atoms with Crippen LogP contribution in [0, 0.1) is 0 Å². The maximum atomic E-state index is 5.11. The van der Waals surface area contributed by atoms with Crippen LogP contribution in [0.2, 0.25) is 0 Å². The van der Waals surface area contributed by atoms with Gasteiger partial charge in [0.05, 0.1) is 0 Å². The lowest BCUT2D eigenvalue weighted by atomic mass is 9.93. The van der Waals surface area contributed by atoms with Crippen LogP contribution in [0.4, 0.5) is 0 Å². The highest BCUT2D eigenvalue weighted by Gasteiger charge is 2.18. The van der Waals surface area contributed by atoms with Crippen molar-refractivity contribution in [3.63, 3.8) is 0 Å². The Labute approximate surface area is 313 Å². The molecule has 0 saturated carbocycles. The van der Waals surface area contributed by atoms with Crippen LogP contribution in [-0.4, -0.2) is 29.9 Å². The van der Waals surface area contributed by atoms with E-state index in [0.29, 0.717) is 34.9 Å². The number of nitrogens with zero attached hydrogens (tertiary/aromatic N) is 6. The Morgan fingerprint density at radius 1 is 0.185 bits per heavy atom. The molecule has 0 radical (unpaired) electrons. The minimum Gasteiger partial charge on any atom is -0.208 e. The fraction of sp³-hybridized carbons (Fsp3) is 0. The molecule has 54 heavy (non-hydrogen) atoms. The van der Waals surface area contributed by atoms with Crippen LogP contribution in [0.1, 0.15) is 0 Å². The van der Waals surface area contributed by atoms with Crippen molar-refractivity contribution in [1.29, 1.82) is 0 Å². The van der Waals surface area contributed by atoms with Gasteiger partial charge in [-0.15, -0.1) is 0 Å². The summed E-state index contributed by atoms with van der Waals surface area (Å²) in [5.74, 6) is 3.67. The normalized spacial score (nSPS) is 11.0. The molecule has 0 aliphatic rings. The molecule has 2 heterocycles. The van der Waals surface area contributed by atoms with Crippen LogP contribution in [0.3, 0.4) is 0 Å². The molecule has 0 saturated heterocycles. The first kappa shape index (κ1) is 32.5. The van der Waals surface area contributed by atoms with Gasteiger partial charge in [-0.1, -0.05) is 182 Å². The zero-order chi connectivity index (χ0) is 36.1. The predicted molar refractivity (Wildman–Crippen MR) is 217 cm³/mol. The summed E-state index contributed by atoms with van der Waals surface area (Å²) < 4.78 is 0. The van der Waals surface area contributed by atoms with E-state index in [9.17, 15) is 0 Å². The van der Waals surface area contributed by atoms with E-state index in [1.165, 1.54) is 0 Å². The van der Waals surface area contributed by atoms with E-state index in [1.54, 1.807) is 0 Å². The topological polar surface area (TPSA) is 77.3 Å². The molecule has 6 heteroatoms. The molecule has 0 aliphatic carbocycles. The van der Waals surface area contributed by atoms with Crippen LogP contribution >= 0.6 is 0 Å². The highest BCUT2D eigenvalue weighted by atomic mass is 15.0. The molecule has 0 amide bonds. The molecule has 0 bridgehead atoms. The van der Waals surface area contributed by atoms with E-state index < -0.39 is 0 Å². The third kappa shape index (κ3) is 6.79. The molecular formula is C48H32N6. The second kappa shape index (κ2) is 14.7. The molecule has 7 aromatic carbocycles. The van der Waals surface area contributed by atoms with Crippen LogP contribution in [0.5, 0.6) is 0 Å². The molecule has 0 N–H and O–H groups in total. The summed E-state index contributed by atoms with van der Waals surface area (Å²) in [6.07, 6.45) is 0. The molecule has 0 spiro atoms. The van der Waals surface area contributed by atoms with Crippen molar-refractivity contribution in [3.05, 3.63) is 194 Å². The molecule has 6 nitrogen and oxygen atoms in total. The van der Waals surface area contributed by atoms with E-state index in [1.807, 2.05) is 140 Å². The lowest BCUT2D eigenvalue weighted by Crippen LogP contribution is -2.01. The van der Waals surface area contributed by atoms with Crippen molar-refractivity contribution in [2.75, 3.05) is 0 Å². The first-order valence-corrected chi connectivity index (χ1v) is 17.8. The monoisotopic (exact) mass is 692 g/mol. The smallest absolute Gasteiger partial charge is 0.164 e. The Balaban J connectivity index is 1.20. The number of aromatic nitrogens is 6. The fourth-order valence-electron chi connectivity index (χ4n) is 6.48. The van der Waals surface area contributed by atoms with Gasteiger partial charge in [-0.3, -0.25) is 0 Å². The maximum Gasteiger partial charge on any atom is 0.164 e. The maximum absolute atomic E-state index is 5.11. The number of rotatable bonds is 8. The molecule has 0 aliphatic heterocycles. The van der Waals surface area contributed by atoms with Crippen LogP contribution in [0.15, 0.2) is 194 Å². The molecule has 2 aromatic heterocycles. The largest absolute Gasteiger partial charge is 0.208 e. The standard InChI is InChI=1S/C48H32N6/c1-6-17-33(18-7-1)41-30-29-39(32-42(41)48-53-45(36-23-12-4-13-24-36)50-46(54-48)37-25-14-5-15-26-37)38-27-16-28-40(31-38)47-51-43(34-19-8-2-9-20-34)49-44(52-47)35-21-10-3-11-22-35/h1-32H. The van der Waals surface area contributed by atoms with Crippen LogP contribution < -0.4 is 0 Å². The van der Waals surface area contributed by atoms with Gasteiger partial charge in [0.2, 0.25) is 0 Å². The van der Waals surface area contributed by atoms with E-state index in [4.69, 9.17) is 29.9 Å². The highest BCUT2D eigenvalue weighted by molar-refractivity contribution is 5.86.